The van der Waals surface area contributed by atoms with Gasteiger partial charge in [-0.05, 0) is 55.0 Å². The van der Waals surface area contributed by atoms with Crippen LogP contribution in [0.15, 0.2) is 77.5 Å². The molecule has 4 rings (SSSR count). The van der Waals surface area contributed by atoms with E-state index < -0.39 is 0 Å². The van der Waals surface area contributed by atoms with Gasteiger partial charge >= 0.3 is 0 Å². The van der Waals surface area contributed by atoms with Gasteiger partial charge in [-0.3, -0.25) is 4.98 Å². The van der Waals surface area contributed by atoms with Gasteiger partial charge in [0.2, 0.25) is 0 Å². The molecule has 2 aromatic heterocycles. The van der Waals surface area contributed by atoms with Gasteiger partial charge in [-0.2, -0.15) is 0 Å². The van der Waals surface area contributed by atoms with Crippen molar-refractivity contribution < 1.29 is 0 Å². The van der Waals surface area contributed by atoms with Crippen LogP contribution in [0.3, 0.4) is 0 Å². The summed E-state index contributed by atoms with van der Waals surface area (Å²) >= 11 is 3.50. The molecular formula is C21H18BrN3. The third-order valence-corrected chi connectivity index (χ3v) is 4.96. The van der Waals surface area contributed by atoms with Crippen molar-refractivity contribution >= 4 is 32.5 Å². The number of aromatic nitrogens is 2. The van der Waals surface area contributed by atoms with E-state index in [0.717, 1.165) is 15.7 Å². The van der Waals surface area contributed by atoms with E-state index in [9.17, 15) is 0 Å². The van der Waals surface area contributed by atoms with Crippen LogP contribution in [0.25, 0.3) is 10.9 Å². The number of nitrogens with one attached hydrogen (secondary N) is 2. The number of halogens is 1. The first kappa shape index (κ1) is 15.9. The Hall–Kier alpha value is -2.59. The van der Waals surface area contributed by atoms with Gasteiger partial charge in [0, 0.05) is 44.7 Å². The first-order chi connectivity index (χ1) is 12.2. The van der Waals surface area contributed by atoms with Gasteiger partial charge in [0.15, 0.2) is 0 Å². The third-order valence-electron chi connectivity index (χ3n) is 4.43. The molecule has 4 heteroatoms. The van der Waals surface area contributed by atoms with Crippen LogP contribution in [0.1, 0.15) is 22.9 Å². The van der Waals surface area contributed by atoms with Gasteiger partial charge in [-0.25, -0.2) is 0 Å². The number of pyridine rings is 1. The molecule has 2 heterocycles. The number of hydrogen-bond acceptors (Lipinski definition) is 2. The molecule has 0 saturated heterocycles. The fraction of sp³-hybridized carbons (Fsp3) is 0.0952. The number of para-hydroxylation sites is 1. The number of hydrogen-bond donors (Lipinski definition) is 2. The Kier molecular flexibility index (Phi) is 4.28. The monoisotopic (exact) mass is 391 g/mol. The van der Waals surface area contributed by atoms with Crippen LogP contribution in [0, 0.1) is 6.92 Å². The van der Waals surface area contributed by atoms with E-state index in [1.54, 1.807) is 0 Å². The van der Waals surface area contributed by atoms with E-state index in [1.807, 2.05) is 24.5 Å². The van der Waals surface area contributed by atoms with Gasteiger partial charge in [-0.15, -0.1) is 0 Å². The Morgan fingerprint density at radius 1 is 0.960 bits per heavy atom. The molecule has 0 spiro atoms. The maximum Gasteiger partial charge on any atom is 0.0791 e. The smallest absolute Gasteiger partial charge is 0.0791 e. The number of aryl methyl sites for hydroxylation is 1. The molecule has 0 aliphatic carbocycles. The first-order valence-electron chi connectivity index (χ1n) is 8.21. The van der Waals surface area contributed by atoms with Crippen molar-refractivity contribution in [2.24, 2.45) is 0 Å². The Labute approximate surface area is 155 Å². The van der Waals surface area contributed by atoms with Crippen molar-refractivity contribution in [2.45, 2.75) is 13.0 Å². The van der Waals surface area contributed by atoms with E-state index in [2.05, 4.69) is 86.7 Å². The minimum absolute atomic E-state index is 0.0420. The van der Waals surface area contributed by atoms with Gasteiger partial charge in [0.25, 0.3) is 0 Å². The second kappa shape index (κ2) is 6.73. The second-order valence-electron chi connectivity index (χ2n) is 6.07. The summed E-state index contributed by atoms with van der Waals surface area (Å²) < 4.78 is 1.07. The zero-order chi connectivity index (χ0) is 17.2. The molecule has 0 radical (unpaired) electrons. The van der Waals surface area contributed by atoms with E-state index in [4.69, 9.17) is 0 Å². The van der Waals surface area contributed by atoms with Gasteiger partial charge in [0.1, 0.15) is 0 Å². The summed E-state index contributed by atoms with van der Waals surface area (Å²) in [6.45, 7) is 2.13. The standard InChI is InChI=1S/C21H18BrN3/c1-14-20(18-4-2-3-5-19(18)24-14)21(15-10-12-23-13-11-15)25-17-8-6-16(22)7-9-17/h2-13,21,24-25H,1H3. The highest BCUT2D eigenvalue weighted by Crippen LogP contribution is 2.34. The molecule has 0 aliphatic rings. The molecule has 0 saturated carbocycles. The molecule has 0 fully saturated rings. The predicted octanol–water partition coefficient (Wildman–Crippen LogP) is 5.84. The predicted molar refractivity (Wildman–Crippen MR) is 107 cm³/mol. The van der Waals surface area contributed by atoms with Crippen LogP contribution in [-0.4, -0.2) is 9.97 Å². The number of nitrogens with zero attached hydrogens (tertiary/aromatic N) is 1. The van der Waals surface area contributed by atoms with E-state index in [-0.39, 0.29) is 6.04 Å². The van der Waals surface area contributed by atoms with Gasteiger partial charge in [0.05, 0.1) is 6.04 Å². The Morgan fingerprint density at radius 3 is 2.44 bits per heavy atom. The third kappa shape index (κ3) is 3.17. The summed E-state index contributed by atoms with van der Waals surface area (Å²) in [7, 11) is 0. The normalized spacial score (nSPS) is 12.2. The van der Waals surface area contributed by atoms with E-state index in [0.29, 0.717) is 0 Å². The van der Waals surface area contributed by atoms with Crippen LogP contribution in [0.4, 0.5) is 5.69 Å². The molecule has 25 heavy (non-hydrogen) atoms. The number of H-pyrrole nitrogens is 1. The summed E-state index contributed by atoms with van der Waals surface area (Å²) in [6.07, 6.45) is 3.69. The van der Waals surface area contributed by atoms with Crippen molar-refractivity contribution in [3.05, 3.63) is 94.4 Å². The summed E-state index contributed by atoms with van der Waals surface area (Å²) in [4.78, 5) is 7.68. The lowest BCUT2D eigenvalue weighted by atomic mass is 9.96. The van der Waals surface area contributed by atoms with Crippen molar-refractivity contribution in [3.8, 4) is 0 Å². The number of aromatic amines is 1. The molecular weight excluding hydrogens is 374 g/mol. The highest BCUT2D eigenvalue weighted by molar-refractivity contribution is 9.10. The van der Waals surface area contributed by atoms with Gasteiger partial charge in [-0.1, -0.05) is 34.1 Å². The van der Waals surface area contributed by atoms with Crippen molar-refractivity contribution in [3.63, 3.8) is 0 Å². The zero-order valence-electron chi connectivity index (χ0n) is 13.8. The van der Waals surface area contributed by atoms with Crippen molar-refractivity contribution in [1.82, 2.24) is 9.97 Å². The molecule has 4 aromatic rings. The summed E-state index contributed by atoms with van der Waals surface area (Å²) in [5, 5.41) is 4.93. The Morgan fingerprint density at radius 2 is 1.68 bits per heavy atom. The number of anilines is 1. The fourth-order valence-corrected chi connectivity index (χ4v) is 3.53. The van der Waals surface area contributed by atoms with Crippen LogP contribution < -0.4 is 5.32 Å². The maximum atomic E-state index is 4.17. The molecule has 124 valence electrons. The molecule has 3 nitrogen and oxygen atoms in total. The highest BCUT2D eigenvalue weighted by atomic mass is 79.9. The topological polar surface area (TPSA) is 40.7 Å². The Balaban J connectivity index is 1.85. The largest absolute Gasteiger partial charge is 0.374 e. The molecule has 2 aromatic carbocycles. The average Bonchev–Trinajstić information content (AvgIpc) is 2.98. The van der Waals surface area contributed by atoms with Crippen LogP contribution in [-0.2, 0) is 0 Å². The molecule has 0 aliphatic heterocycles. The summed E-state index contributed by atoms with van der Waals surface area (Å²) in [6, 6.07) is 20.9. The quantitative estimate of drug-likeness (QED) is 0.458. The Bertz CT molecular complexity index is 991. The van der Waals surface area contributed by atoms with Crippen LogP contribution >= 0.6 is 15.9 Å². The minimum Gasteiger partial charge on any atom is -0.374 e. The molecule has 1 atom stereocenters. The van der Waals surface area contributed by atoms with E-state index in [1.165, 1.54) is 22.2 Å². The second-order valence-corrected chi connectivity index (χ2v) is 6.99. The van der Waals surface area contributed by atoms with Crippen LogP contribution in [0.2, 0.25) is 0 Å². The van der Waals surface area contributed by atoms with Crippen molar-refractivity contribution in [2.75, 3.05) is 5.32 Å². The zero-order valence-corrected chi connectivity index (χ0v) is 15.4. The summed E-state index contributed by atoms with van der Waals surface area (Å²) in [5.74, 6) is 0. The lowest BCUT2D eigenvalue weighted by Crippen LogP contribution is -2.13. The molecule has 2 N–H and O–H groups in total. The van der Waals surface area contributed by atoms with E-state index >= 15 is 0 Å². The lowest BCUT2D eigenvalue weighted by molar-refractivity contribution is 0.928. The number of benzene rings is 2. The molecule has 0 bridgehead atoms. The SMILES string of the molecule is Cc1[nH]c2ccccc2c1C(Nc1ccc(Br)cc1)c1ccncc1. The number of rotatable bonds is 4. The average molecular weight is 392 g/mol. The highest BCUT2D eigenvalue weighted by Gasteiger charge is 2.20. The van der Waals surface area contributed by atoms with Crippen molar-refractivity contribution in [1.29, 1.82) is 0 Å². The van der Waals surface area contributed by atoms with Gasteiger partial charge < -0.3 is 10.3 Å². The summed E-state index contributed by atoms with van der Waals surface area (Å²) in [5.41, 5.74) is 5.87. The fourth-order valence-electron chi connectivity index (χ4n) is 3.26. The molecule has 1 unspecified atom stereocenters. The van der Waals surface area contributed by atoms with Crippen LogP contribution in [0.5, 0.6) is 0 Å². The lowest BCUT2D eigenvalue weighted by Gasteiger charge is -2.21. The first-order valence-corrected chi connectivity index (χ1v) is 9.01. The number of fused-ring (bicyclic) bond motifs is 1. The molecule has 0 amide bonds. The minimum atomic E-state index is 0.0420. The maximum absolute atomic E-state index is 4.17.